The highest BCUT2D eigenvalue weighted by Crippen LogP contribution is 2.41. The summed E-state index contributed by atoms with van der Waals surface area (Å²) in [6.07, 6.45) is 0. The third-order valence-corrected chi connectivity index (χ3v) is 4.86. The van der Waals surface area contributed by atoms with E-state index in [1.54, 1.807) is 6.07 Å². The molecule has 4 nitrogen and oxygen atoms in total. The fraction of sp³-hybridized carbons (Fsp3) is 0. The van der Waals surface area contributed by atoms with Crippen LogP contribution in [0.5, 0.6) is 17.4 Å². The Morgan fingerprint density at radius 3 is 1.61 bits per heavy atom. The molecule has 138 valence electrons. The van der Waals surface area contributed by atoms with Crippen LogP contribution in [0.15, 0.2) is 109 Å². The lowest BCUT2D eigenvalue weighted by molar-refractivity contribution is 0.382. The predicted octanol–water partition coefficient (Wildman–Crippen LogP) is 6.51. The van der Waals surface area contributed by atoms with Crippen molar-refractivity contribution in [1.29, 1.82) is 0 Å². The summed E-state index contributed by atoms with van der Waals surface area (Å²) >= 11 is 0. The highest BCUT2D eigenvalue weighted by atomic mass is 31.2. The van der Waals surface area contributed by atoms with Crippen LogP contribution < -0.4 is 13.6 Å². The van der Waals surface area contributed by atoms with E-state index >= 15 is 0 Å². The van der Waals surface area contributed by atoms with E-state index in [1.165, 1.54) is 0 Å². The highest BCUT2D eigenvalue weighted by molar-refractivity contribution is 7.43. The van der Waals surface area contributed by atoms with Gasteiger partial charge in [-0.05, 0) is 30.3 Å². The van der Waals surface area contributed by atoms with Crippen molar-refractivity contribution < 1.29 is 13.6 Å². The molecular weight excluding hydrogens is 369 g/mol. The van der Waals surface area contributed by atoms with E-state index in [0.29, 0.717) is 17.4 Å². The minimum atomic E-state index is -1.73. The molecule has 0 fully saturated rings. The summed E-state index contributed by atoms with van der Waals surface area (Å²) in [6.45, 7) is 0. The van der Waals surface area contributed by atoms with E-state index in [9.17, 15) is 0 Å². The normalized spacial score (nSPS) is 10.5. The molecule has 0 unspecified atom stereocenters. The largest absolute Gasteiger partial charge is 0.531 e. The molecule has 0 aliphatic heterocycles. The Kier molecular flexibility index (Phi) is 5.81. The number of benzene rings is 3. The van der Waals surface area contributed by atoms with Gasteiger partial charge in [-0.15, -0.1) is 0 Å². The Bertz CT molecular complexity index is 956. The fourth-order valence-electron chi connectivity index (χ4n) is 2.50. The summed E-state index contributed by atoms with van der Waals surface area (Å²) in [4.78, 5) is 4.60. The SMILES string of the molecule is c1ccc(OP(Oc2ccccc2)Oc2cccc(-c3ccccc3)n2)cc1. The van der Waals surface area contributed by atoms with Gasteiger partial charge >= 0.3 is 8.60 Å². The Balaban J connectivity index is 1.56. The molecule has 0 bridgehead atoms. The van der Waals surface area contributed by atoms with Crippen LogP contribution in [-0.2, 0) is 0 Å². The first kappa shape index (κ1) is 18.0. The van der Waals surface area contributed by atoms with Crippen LogP contribution in [0.1, 0.15) is 0 Å². The van der Waals surface area contributed by atoms with Crippen LogP contribution in [0.3, 0.4) is 0 Å². The number of rotatable bonds is 7. The maximum atomic E-state index is 5.99. The first-order chi connectivity index (χ1) is 13.9. The molecule has 5 heteroatoms. The molecule has 1 heterocycles. The molecule has 4 rings (SSSR count). The number of aromatic nitrogens is 1. The quantitative estimate of drug-likeness (QED) is 0.339. The Labute approximate surface area is 165 Å². The summed E-state index contributed by atoms with van der Waals surface area (Å²) in [6, 6.07) is 34.5. The van der Waals surface area contributed by atoms with Crippen LogP contribution >= 0.6 is 8.60 Å². The Morgan fingerprint density at radius 2 is 1.04 bits per heavy atom. The molecule has 0 saturated carbocycles. The summed E-state index contributed by atoms with van der Waals surface area (Å²) < 4.78 is 17.9. The van der Waals surface area contributed by atoms with Crippen molar-refractivity contribution in [3.05, 3.63) is 109 Å². The molecule has 0 spiro atoms. The van der Waals surface area contributed by atoms with Gasteiger partial charge in [-0.25, -0.2) is 4.98 Å². The van der Waals surface area contributed by atoms with Crippen molar-refractivity contribution in [3.63, 3.8) is 0 Å². The minimum absolute atomic E-state index is 0.444. The van der Waals surface area contributed by atoms with Crippen molar-refractivity contribution >= 4 is 8.60 Å². The van der Waals surface area contributed by atoms with E-state index in [-0.39, 0.29) is 0 Å². The number of hydrogen-bond donors (Lipinski definition) is 0. The second-order valence-electron chi connectivity index (χ2n) is 5.85. The second-order valence-corrected chi connectivity index (χ2v) is 6.85. The predicted molar refractivity (Wildman–Crippen MR) is 111 cm³/mol. The molecule has 0 aliphatic carbocycles. The lowest BCUT2D eigenvalue weighted by atomic mass is 10.1. The minimum Gasteiger partial charge on any atom is -0.408 e. The van der Waals surface area contributed by atoms with Gasteiger partial charge in [0.15, 0.2) is 0 Å². The molecule has 0 aliphatic rings. The van der Waals surface area contributed by atoms with E-state index in [2.05, 4.69) is 4.98 Å². The Hall–Kier alpha value is -3.36. The fourth-order valence-corrected chi connectivity index (χ4v) is 3.46. The van der Waals surface area contributed by atoms with E-state index < -0.39 is 8.60 Å². The maximum absolute atomic E-state index is 5.99. The second kappa shape index (κ2) is 9.03. The Morgan fingerprint density at radius 1 is 0.500 bits per heavy atom. The van der Waals surface area contributed by atoms with Gasteiger partial charge in [0.25, 0.3) is 0 Å². The van der Waals surface area contributed by atoms with E-state index in [4.69, 9.17) is 13.6 Å². The third-order valence-electron chi connectivity index (χ3n) is 3.81. The smallest absolute Gasteiger partial charge is 0.408 e. The summed E-state index contributed by atoms with van der Waals surface area (Å²) in [5, 5.41) is 0. The van der Waals surface area contributed by atoms with E-state index in [1.807, 2.05) is 103 Å². The van der Waals surface area contributed by atoms with E-state index in [0.717, 1.165) is 11.3 Å². The zero-order valence-corrected chi connectivity index (χ0v) is 15.9. The molecule has 1 aromatic heterocycles. The first-order valence-electron chi connectivity index (χ1n) is 8.83. The number of para-hydroxylation sites is 2. The molecule has 0 N–H and O–H groups in total. The van der Waals surface area contributed by atoms with Gasteiger partial charge in [-0.2, -0.15) is 0 Å². The van der Waals surface area contributed by atoms with Gasteiger partial charge in [-0.3, -0.25) is 0 Å². The molecule has 0 radical (unpaired) electrons. The third kappa shape index (κ3) is 4.87. The van der Waals surface area contributed by atoms with Gasteiger partial charge in [-0.1, -0.05) is 72.8 Å². The van der Waals surface area contributed by atoms with Crippen LogP contribution in [0, 0.1) is 0 Å². The van der Waals surface area contributed by atoms with Crippen molar-refractivity contribution in [2.75, 3.05) is 0 Å². The van der Waals surface area contributed by atoms with Crippen molar-refractivity contribution in [2.45, 2.75) is 0 Å². The summed E-state index contributed by atoms with van der Waals surface area (Å²) in [5.74, 6) is 1.78. The number of hydrogen-bond acceptors (Lipinski definition) is 4. The van der Waals surface area contributed by atoms with Gasteiger partial charge < -0.3 is 13.6 Å². The number of pyridine rings is 1. The lowest BCUT2D eigenvalue weighted by Gasteiger charge is -2.17. The molecule has 0 atom stereocenters. The van der Waals surface area contributed by atoms with Gasteiger partial charge in [0.2, 0.25) is 5.88 Å². The van der Waals surface area contributed by atoms with Crippen molar-refractivity contribution in [3.8, 4) is 28.6 Å². The van der Waals surface area contributed by atoms with Gasteiger partial charge in [0.05, 0.1) is 5.69 Å². The average molecular weight is 387 g/mol. The first-order valence-corrected chi connectivity index (χ1v) is 9.93. The lowest BCUT2D eigenvalue weighted by Crippen LogP contribution is -2.03. The van der Waals surface area contributed by atoms with Crippen molar-refractivity contribution in [1.82, 2.24) is 4.98 Å². The zero-order valence-electron chi connectivity index (χ0n) is 15.0. The monoisotopic (exact) mass is 387 g/mol. The number of nitrogens with zero attached hydrogens (tertiary/aromatic N) is 1. The van der Waals surface area contributed by atoms with Gasteiger partial charge in [0, 0.05) is 11.6 Å². The summed E-state index contributed by atoms with van der Waals surface area (Å²) in [5.41, 5.74) is 1.85. The molecule has 4 aromatic rings. The average Bonchev–Trinajstić information content (AvgIpc) is 2.76. The molecule has 28 heavy (non-hydrogen) atoms. The summed E-state index contributed by atoms with van der Waals surface area (Å²) in [7, 11) is -1.73. The van der Waals surface area contributed by atoms with Crippen LogP contribution in [0.4, 0.5) is 0 Å². The van der Waals surface area contributed by atoms with Gasteiger partial charge in [0.1, 0.15) is 11.5 Å². The van der Waals surface area contributed by atoms with Crippen LogP contribution in [0.2, 0.25) is 0 Å². The topological polar surface area (TPSA) is 40.6 Å². The molecule has 0 amide bonds. The molecule has 3 aromatic carbocycles. The maximum Gasteiger partial charge on any atom is 0.531 e. The zero-order chi connectivity index (χ0) is 19.0. The van der Waals surface area contributed by atoms with Crippen LogP contribution in [-0.4, -0.2) is 4.98 Å². The van der Waals surface area contributed by atoms with Crippen molar-refractivity contribution in [2.24, 2.45) is 0 Å². The highest BCUT2D eigenvalue weighted by Gasteiger charge is 2.20. The van der Waals surface area contributed by atoms with Crippen LogP contribution in [0.25, 0.3) is 11.3 Å². The molecular formula is C23H18NO3P. The standard InChI is InChI=1S/C23H18NO3P/c1-4-11-19(12-5-1)22-17-10-18-23(24-22)27-28(25-20-13-6-2-7-14-20)26-21-15-8-3-9-16-21/h1-18H. The molecule has 0 saturated heterocycles.